The molecule has 0 spiro atoms. The van der Waals surface area contributed by atoms with Gasteiger partial charge in [-0.3, -0.25) is 9.59 Å². The Morgan fingerprint density at radius 2 is 2.00 bits per heavy atom. The zero-order valence-corrected chi connectivity index (χ0v) is 8.43. The molecule has 0 bridgehead atoms. The number of carbonyl (C=O) groups excluding carboxylic acids is 2. The van der Waals surface area contributed by atoms with Crippen molar-refractivity contribution in [3.63, 3.8) is 0 Å². The number of hydrogen-bond donors (Lipinski definition) is 0. The van der Waals surface area contributed by atoms with E-state index in [2.05, 4.69) is 0 Å². The smallest absolute Gasteiger partial charge is 0.153 e. The first kappa shape index (κ1) is 11.4. The lowest BCUT2D eigenvalue weighted by molar-refractivity contribution is 0.110. The average Bonchev–Trinajstić information content (AvgIpc) is 2.29. The molecule has 0 atom stereocenters. The van der Waals surface area contributed by atoms with E-state index in [1.165, 1.54) is 6.07 Å². The summed E-state index contributed by atoms with van der Waals surface area (Å²) in [5.41, 5.74) is 0.907. The number of methoxy groups -OCH3 is 1. The van der Waals surface area contributed by atoms with Crippen molar-refractivity contribution in [2.45, 2.75) is 0 Å². The van der Waals surface area contributed by atoms with Gasteiger partial charge in [0.2, 0.25) is 0 Å². The lowest BCUT2D eigenvalue weighted by Crippen LogP contribution is -2.06. The Morgan fingerprint density at radius 1 is 1.20 bits per heavy atom. The summed E-state index contributed by atoms with van der Waals surface area (Å²) in [6.07, 6.45) is 1.40. The molecule has 0 saturated heterocycles. The second kappa shape index (κ2) is 5.93. The maximum atomic E-state index is 10.7. The van der Waals surface area contributed by atoms with Crippen LogP contribution < -0.4 is 4.74 Å². The van der Waals surface area contributed by atoms with Crippen LogP contribution in [0.15, 0.2) is 18.2 Å². The maximum Gasteiger partial charge on any atom is 0.153 e. The van der Waals surface area contributed by atoms with Crippen molar-refractivity contribution in [1.29, 1.82) is 0 Å². The molecule has 0 fully saturated rings. The fourth-order valence-corrected chi connectivity index (χ4v) is 1.08. The van der Waals surface area contributed by atoms with Crippen LogP contribution in [-0.4, -0.2) is 32.9 Å². The molecule has 0 radical (unpaired) electrons. The largest absolute Gasteiger partial charge is 0.490 e. The van der Waals surface area contributed by atoms with Gasteiger partial charge in [-0.2, -0.15) is 0 Å². The topological polar surface area (TPSA) is 52.6 Å². The molecule has 4 nitrogen and oxygen atoms in total. The van der Waals surface area contributed by atoms with Crippen molar-refractivity contribution in [1.82, 2.24) is 0 Å². The van der Waals surface area contributed by atoms with Crippen LogP contribution in [0.25, 0.3) is 0 Å². The Morgan fingerprint density at radius 3 is 2.60 bits per heavy atom. The molecule has 4 heteroatoms. The minimum atomic E-state index is 0.347. The van der Waals surface area contributed by atoms with Gasteiger partial charge in [-0.05, 0) is 12.1 Å². The molecule has 0 aliphatic rings. The molecular formula is C11H12O4. The van der Waals surface area contributed by atoms with Crippen LogP contribution in [0.5, 0.6) is 5.75 Å². The van der Waals surface area contributed by atoms with E-state index in [9.17, 15) is 9.59 Å². The van der Waals surface area contributed by atoms with E-state index >= 15 is 0 Å². The molecule has 0 aromatic heterocycles. The molecule has 1 aromatic rings. The summed E-state index contributed by atoms with van der Waals surface area (Å²) in [7, 11) is 1.56. The zero-order chi connectivity index (χ0) is 11.1. The van der Waals surface area contributed by atoms with Gasteiger partial charge in [0.25, 0.3) is 0 Å². The maximum absolute atomic E-state index is 10.7. The van der Waals surface area contributed by atoms with Crippen molar-refractivity contribution < 1.29 is 19.1 Å². The molecule has 0 aliphatic carbocycles. The summed E-state index contributed by atoms with van der Waals surface area (Å²) >= 11 is 0. The highest BCUT2D eigenvalue weighted by Gasteiger charge is 2.03. The first-order chi connectivity index (χ1) is 7.31. The minimum absolute atomic E-state index is 0.347. The number of hydrogen-bond acceptors (Lipinski definition) is 4. The number of ether oxygens (including phenoxy) is 2. The summed E-state index contributed by atoms with van der Waals surface area (Å²) in [4.78, 5) is 21.2. The molecule has 0 heterocycles. The van der Waals surface area contributed by atoms with Gasteiger partial charge in [0.05, 0.1) is 12.2 Å². The Hall–Kier alpha value is -1.68. The molecule has 1 aromatic carbocycles. The first-order valence-corrected chi connectivity index (χ1v) is 4.48. The van der Waals surface area contributed by atoms with Crippen LogP contribution in [-0.2, 0) is 4.74 Å². The highest BCUT2D eigenvalue weighted by Crippen LogP contribution is 2.17. The fraction of sp³-hybridized carbons (Fsp3) is 0.273. The fourth-order valence-electron chi connectivity index (χ4n) is 1.08. The number of benzene rings is 1. The van der Waals surface area contributed by atoms with Gasteiger partial charge in [-0.1, -0.05) is 6.07 Å². The van der Waals surface area contributed by atoms with E-state index < -0.39 is 0 Å². The van der Waals surface area contributed by atoms with Gasteiger partial charge in [0.1, 0.15) is 18.6 Å². The molecular weight excluding hydrogens is 196 g/mol. The Labute approximate surface area is 87.8 Å². The molecule has 0 amide bonds. The van der Waals surface area contributed by atoms with Crippen LogP contribution in [0.2, 0.25) is 0 Å². The van der Waals surface area contributed by atoms with E-state index in [-0.39, 0.29) is 0 Å². The van der Waals surface area contributed by atoms with E-state index in [4.69, 9.17) is 9.47 Å². The second-order valence-electron chi connectivity index (χ2n) is 2.87. The lowest BCUT2D eigenvalue weighted by Gasteiger charge is -2.07. The third-order valence-electron chi connectivity index (χ3n) is 1.85. The summed E-state index contributed by atoms with van der Waals surface area (Å²) in [5, 5.41) is 0. The quantitative estimate of drug-likeness (QED) is 0.523. The normalized spacial score (nSPS) is 9.67. The zero-order valence-electron chi connectivity index (χ0n) is 8.43. The van der Waals surface area contributed by atoms with Crippen LogP contribution in [0.1, 0.15) is 20.7 Å². The van der Waals surface area contributed by atoms with Gasteiger partial charge in [-0.15, -0.1) is 0 Å². The highest BCUT2D eigenvalue weighted by molar-refractivity contribution is 5.83. The molecule has 0 N–H and O–H groups in total. The molecule has 0 saturated carbocycles. The molecule has 1 rings (SSSR count). The van der Waals surface area contributed by atoms with E-state index in [0.29, 0.717) is 42.7 Å². The number of aldehydes is 2. The monoisotopic (exact) mass is 208 g/mol. The molecule has 0 unspecified atom stereocenters. The predicted octanol–water partition coefficient (Wildman–Crippen LogP) is 1.34. The SMILES string of the molecule is COCCOc1cc(C=O)ccc1C=O. The summed E-state index contributed by atoms with van der Waals surface area (Å²) in [6.45, 7) is 0.781. The average molecular weight is 208 g/mol. The standard InChI is InChI=1S/C11H12O4/c1-14-4-5-15-11-6-9(7-12)2-3-10(11)8-13/h2-3,6-8H,4-5H2,1H3. The van der Waals surface area contributed by atoms with Gasteiger partial charge in [-0.25, -0.2) is 0 Å². The Balaban J connectivity index is 2.81. The number of carbonyl (C=O) groups is 2. The Kier molecular flexibility index (Phi) is 4.50. The molecule has 0 aliphatic heterocycles. The van der Waals surface area contributed by atoms with Gasteiger partial charge >= 0.3 is 0 Å². The highest BCUT2D eigenvalue weighted by atomic mass is 16.5. The first-order valence-electron chi connectivity index (χ1n) is 4.48. The van der Waals surface area contributed by atoms with E-state index in [1.54, 1.807) is 19.2 Å². The van der Waals surface area contributed by atoms with Gasteiger partial charge < -0.3 is 9.47 Å². The third-order valence-corrected chi connectivity index (χ3v) is 1.85. The van der Waals surface area contributed by atoms with Crippen molar-refractivity contribution in [2.75, 3.05) is 20.3 Å². The number of rotatable bonds is 6. The third kappa shape index (κ3) is 3.18. The Bertz CT molecular complexity index is 346. The van der Waals surface area contributed by atoms with Crippen LogP contribution >= 0.6 is 0 Å². The van der Waals surface area contributed by atoms with E-state index in [0.717, 1.165) is 0 Å². The van der Waals surface area contributed by atoms with Crippen LogP contribution in [0.4, 0.5) is 0 Å². The van der Waals surface area contributed by atoms with Crippen LogP contribution in [0.3, 0.4) is 0 Å². The minimum Gasteiger partial charge on any atom is -0.490 e. The second-order valence-corrected chi connectivity index (χ2v) is 2.87. The van der Waals surface area contributed by atoms with Crippen molar-refractivity contribution >= 4 is 12.6 Å². The van der Waals surface area contributed by atoms with Crippen molar-refractivity contribution in [3.8, 4) is 5.75 Å². The summed E-state index contributed by atoms with van der Waals surface area (Å²) < 4.78 is 10.1. The predicted molar refractivity (Wildman–Crippen MR) is 54.6 cm³/mol. The lowest BCUT2D eigenvalue weighted by atomic mass is 10.1. The summed E-state index contributed by atoms with van der Waals surface area (Å²) in [6, 6.07) is 4.66. The van der Waals surface area contributed by atoms with E-state index in [1.807, 2.05) is 0 Å². The molecule has 15 heavy (non-hydrogen) atoms. The van der Waals surface area contributed by atoms with Gasteiger partial charge in [0.15, 0.2) is 6.29 Å². The van der Waals surface area contributed by atoms with Crippen molar-refractivity contribution in [3.05, 3.63) is 29.3 Å². The summed E-state index contributed by atoms with van der Waals surface area (Å²) in [5.74, 6) is 0.409. The van der Waals surface area contributed by atoms with Crippen LogP contribution in [0, 0.1) is 0 Å². The molecule has 80 valence electrons. The van der Waals surface area contributed by atoms with Crippen molar-refractivity contribution in [2.24, 2.45) is 0 Å². The van der Waals surface area contributed by atoms with Gasteiger partial charge in [0, 0.05) is 12.7 Å².